The zero-order chi connectivity index (χ0) is 21.3. The number of aliphatic imine (C=N–C) groups is 1. The van der Waals surface area contributed by atoms with E-state index in [9.17, 15) is 8.42 Å². The van der Waals surface area contributed by atoms with Crippen LogP contribution in [0.1, 0.15) is 32.4 Å². The average molecular weight is 571 g/mol. The predicted octanol–water partition coefficient (Wildman–Crippen LogP) is 2.94. The van der Waals surface area contributed by atoms with E-state index >= 15 is 0 Å². The van der Waals surface area contributed by atoms with Crippen molar-refractivity contribution in [2.75, 3.05) is 50.5 Å². The molecule has 0 amide bonds. The third-order valence-electron chi connectivity index (χ3n) is 4.56. The normalized spacial score (nSPS) is 16.6. The first-order valence-electron chi connectivity index (χ1n) is 10.1. The first-order chi connectivity index (χ1) is 13.8. The molecule has 1 saturated heterocycles. The number of nitrogens with one attached hydrogen (secondary N) is 2. The zero-order valence-electron chi connectivity index (χ0n) is 18.3. The Balaban J connectivity index is 0.00000450. The lowest BCUT2D eigenvalue weighted by Gasteiger charge is -2.26. The van der Waals surface area contributed by atoms with Crippen LogP contribution >= 0.6 is 35.7 Å². The number of nitrogens with zero attached hydrogens (tertiary/aromatic N) is 2. The number of guanidine groups is 1. The van der Waals surface area contributed by atoms with Gasteiger partial charge in [-0.1, -0.05) is 26.0 Å². The zero-order valence-corrected chi connectivity index (χ0v) is 22.2. The molecule has 30 heavy (non-hydrogen) atoms. The number of halogens is 1. The molecule has 7 nitrogen and oxygen atoms in total. The predicted molar refractivity (Wildman–Crippen MR) is 138 cm³/mol. The van der Waals surface area contributed by atoms with E-state index in [1.807, 2.05) is 31.2 Å². The van der Waals surface area contributed by atoms with E-state index in [0.717, 1.165) is 22.8 Å². The molecule has 0 saturated carbocycles. The highest BCUT2D eigenvalue weighted by Crippen LogP contribution is 2.18. The standard InChI is InChI=1S/C20H34N4O3S2.HI/c1-16(2)15-27-19-7-5-18(6-8-19)17(3)23-20(21-4)22-9-14-29(25,26)24-10-12-28-13-11-24;/h5-8,16-17H,9-15H2,1-4H3,(H2,21,22,23);1H. The Morgan fingerprint density at radius 3 is 2.40 bits per heavy atom. The molecule has 2 N–H and O–H groups in total. The van der Waals surface area contributed by atoms with Crippen molar-refractivity contribution in [3.05, 3.63) is 29.8 Å². The maximum atomic E-state index is 12.4. The molecule has 1 aliphatic heterocycles. The second-order valence-corrected chi connectivity index (χ2v) is 10.8. The maximum absolute atomic E-state index is 12.4. The Kier molecular flexibility index (Phi) is 12.4. The van der Waals surface area contributed by atoms with Gasteiger partial charge in [0.05, 0.1) is 18.4 Å². The van der Waals surface area contributed by atoms with Gasteiger partial charge in [0.25, 0.3) is 0 Å². The summed E-state index contributed by atoms with van der Waals surface area (Å²) in [6.07, 6.45) is 0. The van der Waals surface area contributed by atoms with Gasteiger partial charge in [0.2, 0.25) is 10.0 Å². The smallest absolute Gasteiger partial charge is 0.215 e. The van der Waals surface area contributed by atoms with E-state index < -0.39 is 10.0 Å². The van der Waals surface area contributed by atoms with Crippen LogP contribution in [0.4, 0.5) is 0 Å². The van der Waals surface area contributed by atoms with Gasteiger partial charge in [0.15, 0.2) is 5.96 Å². The summed E-state index contributed by atoms with van der Waals surface area (Å²) in [5, 5.41) is 6.42. The molecule has 1 fully saturated rings. The minimum atomic E-state index is -3.22. The average Bonchev–Trinajstić information content (AvgIpc) is 2.72. The minimum Gasteiger partial charge on any atom is -0.493 e. The summed E-state index contributed by atoms with van der Waals surface area (Å²) < 4.78 is 32.2. The summed E-state index contributed by atoms with van der Waals surface area (Å²) in [6.45, 7) is 8.51. The van der Waals surface area contributed by atoms with Gasteiger partial charge in [-0.05, 0) is 30.5 Å². The SMILES string of the molecule is CN=C(NCCS(=O)(=O)N1CCSCC1)NC(C)c1ccc(OCC(C)C)cc1.I. The van der Waals surface area contributed by atoms with Gasteiger partial charge in [-0.25, -0.2) is 12.7 Å². The van der Waals surface area contributed by atoms with E-state index in [0.29, 0.717) is 38.1 Å². The van der Waals surface area contributed by atoms with Crippen LogP contribution in [0, 0.1) is 5.92 Å². The fourth-order valence-electron chi connectivity index (χ4n) is 2.85. The van der Waals surface area contributed by atoms with E-state index in [1.54, 1.807) is 23.1 Å². The molecular formula is C20H35IN4O3S2. The van der Waals surface area contributed by atoms with E-state index in [2.05, 4.69) is 29.5 Å². The molecule has 1 unspecified atom stereocenters. The van der Waals surface area contributed by atoms with Crippen molar-refractivity contribution in [3.63, 3.8) is 0 Å². The number of sulfonamides is 1. The lowest BCUT2D eigenvalue weighted by Crippen LogP contribution is -2.44. The Labute approximate surface area is 202 Å². The summed E-state index contributed by atoms with van der Waals surface area (Å²) in [5.41, 5.74) is 1.10. The van der Waals surface area contributed by atoms with E-state index in [-0.39, 0.29) is 35.8 Å². The van der Waals surface area contributed by atoms with Crippen molar-refractivity contribution in [3.8, 4) is 5.75 Å². The lowest BCUT2D eigenvalue weighted by molar-refractivity contribution is 0.271. The topological polar surface area (TPSA) is 83.0 Å². The Bertz CT molecular complexity index is 752. The Morgan fingerprint density at radius 1 is 1.20 bits per heavy atom. The van der Waals surface area contributed by atoms with Crippen molar-refractivity contribution < 1.29 is 13.2 Å². The number of hydrogen-bond donors (Lipinski definition) is 2. The van der Waals surface area contributed by atoms with Gasteiger partial charge < -0.3 is 15.4 Å². The third kappa shape index (κ3) is 9.19. The quantitative estimate of drug-likeness (QED) is 0.270. The highest BCUT2D eigenvalue weighted by Gasteiger charge is 2.23. The molecule has 1 aliphatic rings. The fourth-order valence-corrected chi connectivity index (χ4v) is 5.34. The lowest BCUT2D eigenvalue weighted by atomic mass is 10.1. The van der Waals surface area contributed by atoms with Crippen LogP contribution in [-0.4, -0.2) is 69.2 Å². The molecule has 1 aromatic carbocycles. The van der Waals surface area contributed by atoms with Gasteiger partial charge >= 0.3 is 0 Å². The second kappa shape index (κ2) is 13.6. The maximum Gasteiger partial charge on any atom is 0.215 e. The van der Waals surface area contributed by atoms with Gasteiger partial charge in [0.1, 0.15) is 5.75 Å². The molecule has 2 rings (SSSR count). The van der Waals surface area contributed by atoms with Crippen LogP contribution in [0.15, 0.2) is 29.3 Å². The molecule has 1 aromatic rings. The van der Waals surface area contributed by atoms with Crippen molar-refractivity contribution in [1.82, 2.24) is 14.9 Å². The Morgan fingerprint density at radius 2 is 1.83 bits per heavy atom. The van der Waals surface area contributed by atoms with E-state index in [1.165, 1.54) is 0 Å². The third-order valence-corrected chi connectivity index (χ3v) is 7.37. The van der Waals surface area contributed by atoms with Crippen LogP contribution in [0.5, 0.6) is 5.75 Å². The summed E-state index contributed by atoms with van der Waals surface area (Å²) >= 11 is 1.80. The second-order valence-electron chi connectivity index (χ2n) is 7.47. The molecular weight excluding hydrogens is 535 g/mol. The molecule has 0 radical (unpaired) electrons. The molecule has 0 aliphatic carbocycles. The molecule has 1 atom stereocenters. The van der Waals surface area contributed by atoms with Crippen molar-refractivity contribution in [1.29, 1.82) is 0 Å². The van der Waals surface area contributed by atoms with Crippen LogP contribution in [0.25, 0.3) is 0 Å². The number of thioether (sulfide) groups is 1. The highest BCUT2D eigenvalue weighted by molar-refractivity contribution is 14.0. The van der Waals surface area contributed by atoms with Crippen molar-refractivity contribution >= 4 is 51.7 Å². The number of ether oxygens (including phenoxy) is 1. The number of rotatable bonds is 9. The molecule has 0 aromatic heterocycles. The monoisotopic (exact) mass is 570 g/mol. The molecule has 10 heteroatoms. The summed E-state index contributed by atoms with van der Waals surface area (Å²) in [7, 11) is -1.54. The van der Waals surface area contributed by atoms with Gasteiger partial charge in [0, 0.05) is 38.2 Å². The summed E-state index contributed by atoms with van der Waals surface area (Å²) in [4.78, 5) is 4.21. The largest absolute Gasteiger partial charge is 0.493 e. The molecule has 172 valence electrons. The summed E-state index contributed by atoms with van der Waals surface area (Å²) in [5.74, 6) is 3.74. The fraction of sp³-hybridized carbons (Fsp3) is 0.650. The van der Waals surface area contributed by atoms with Crippen molar-refractivity contribution in [2.45, 2.75) is 26.8 Å². The van der Waals surface area contributed by atoms with Gasteiger partial charge in [-0.15, -0.1) is 24.0 Å². The number of benzene rings is 1. The van der Waals surface area contributed by atoms with Gasteiger partial charge in [-0.2, -0.15) is 11.8 Å². The first-order valence-corrected chi connectivity index (χ1v) is 12.8. The van der Waals surface area contributed by atoms with Crippen LogP contribution in [0.3, 0.4) is 0 Å². The van der Waals surface area contributed by atoms with Crippen LogP contribution in [-0.2, 0) is 10.0 Å². The summed E-state index contributed by atoms with van der Waals surface area (Å²) in [6, 6.07) is 8.01. The first kappa shape index (κ1) is 27.3. The number of hydrogen-bond acceptors (Lipinski definition) is 5. The van der Waals surface area contributed by atoms with E-state index in [4.69, 9.17) is 4.74 Å². The van der Waals surface area contributed by atoms with Crippen LogP contribution in [0.2, 0.25) is 0 Å². The van der Waals surface area contributed by atoms with Gasteiger partial charge in [-0.3, -0.25) is 4.99 Å². The van der Waals surface area contributed by atoms with Crippen LogP contribution < -0.4 is 15.4 Å². The highest BCUT2D eigenvalue weighted by atomic mass is 127. The van der Waals surface area contributed by atoms with Crippen molar-refractivity contribution in [2.24, 2.45) is 10.9 Å². The molecule has 0 spiro atoms. The molecule has 0 bridgehead atoms. The minimum absolute atomic E-state index is 0. The molecule has 1 heterocycles. The Hall–Kier alpha value is -0.720.